The number of aromatic amines is 1. The molecule has 4 nitrogen and oxygen atoms in total. The summed E-state index contributed by atoms with van der Waals surface area (Å²) in [5, 5.41) is 7.09. The van der Waals surface area contributed by atoms with Gasteiger partial charge < -0.3 is 4.74 Å². The standard InChI is InChI=1S/C10H19N3OS/c1-10(2,3)13-8(6-5-7-14-4)11-12-9(13)15/h5-7H2,1-4H3,(H,12,15). The van der Waals surface area contributed by atoms with Gasteiger partial charge >= 0.3 is 0 Å². The van der Waals surface area contributed by atoms with Gasteiger partial charge in [0.1, 0.15) is 5.82 Å². The van der Waals surface area contributed by atoms with E-state index >= 15 is 0 Å². The van der Waals surface area contributed by atoms with Gasteiger partial charge in [-0.3, -0.25) is 9.67 Å². The normalized spacial score (nSPS) is 12.0. The average molecular weight is 229 g/mol. The summed E-state index contributed by atoms with van der Waals surface area (Å²) < 4.78 is 7.78. The first-order valence-electron chi connectivity index (χ1n) is 5.12. The zero-order valence-electron chi connectivity index (χ0n) is 9.83. The molecule has 0 aliphatic heterocycles. The van der Waals surface area contributed by atoms with Gasteiger partial charge in [-0.1, -0.05) is 0 Å². The first kappa shape index (κ1) is 12.4. The fourth-order valence-electron chi connectivity index (χ4n) is 1.56. The van der Waals surface area contributed by atoms with Crippen molar-refractivity contribution in [3.63, 3.8) is 0 Å². The van der Waals surface area contributed by atoms with Gasteiger partial charge in [0.15, 0.2) is 4.77 Å². The Labute approximate surface area is 95.7 Å². The second-order valence-corrected chi connectivity index (χ2v) is 4.93. The maximum Gasteiger partial charge on any atom is 0.195 e. The van der Waals surface area contributed by atoms with Crippen molar-refractivity contribution >= 4 is 12.2 Å². The molecule has 0 saturated heterocycles. The fourth-order valence-corrected chi connectivity index (χ4v) is 1.99. The lowest BCUT2D eigenvalue weighted by atomic mass is 10.1. The number of nitrogens with one attached hydrogen (secondary N) is 1. The largest absolute Gasteiger partial charge is 0.385 e. The molecular formula is C10H19N3OS. The predicted molar refractivity (Wildman–Crippen MR) is 62.6 cm³/mol. The Balaban J connectivity index is 2.85. The Hall–Kier alpha value is -0.680. The Morgan fingerprint density at radius 2 is 2.13 bits per heavy atom. The molecule has 1 aromatic heterocycles. The average Bonchev–Trinajstić information content (AvgIpc) is 2.47. The fraction of sp³-hybridized carbons (Fsp3) is 0.800. The molecule has 86 valence electrons. The van der Waals surface area contributed by atoms with Gasteiger partial charge in [0, 0.05) is 25.7 Å². The van der Waals surface area contributed by atoms with Crippen LogP contribution in [0.15, 0.2) is 0 Å². The summed E-state index contributed by atoms with van der Waals surface area (Å²) in [5.41, 5.74) is -0.0213. The molecule has 0 saturated carbocycles. The van der Waals surface area contributed by atoms with Crippen LogP contribution in [0.2, 0.25) is 0 Å². The minimum absolute atomic E-state index is 0.0213. The summed E-state index contributed by atoms with van der Waals surface area (Å²) in [4.78, 5) is 0. The molecule has 0 atom stereocenters. The van der Waals surface area contributed by atoms with E-state index in [0.29, 0.717) is 4.77 Å². The minimum Gasteiger partial charge on any atom is -0.385 e. The van der Waals surface area contributed by atoms with Crippen LogP contribution in [0, 0.1) is 4.77 Å². The third-order valence-corrected chi connectivity index (χ3v) is 2.44. The van der Waals surface area contributed by atoms with Crippen molar-refractivity contribution in [1.82, 2.24) is 14.8 Å². The number of nitrogens with zero attached hydrogens (tertiary/aromatic N) is 2. The lowest BCUT2D eigenvalue weighted by Crippen LogP contribution is -2.24. The lowest BCUT2D eigenvalue weighted by molar-refractivity contribution is 0.193. The molecule has 15 heavy (non-hydrogen) atoms. The third-order valence-electron chi connectivity index (χ3n) is 2.16. The first-order chi connectivity index (χ1) is 6.96. The molecule has 0 bridgehead atoms. The van der Waals surface area contributed by atoms with Crippen LogP contribution in [0.3, 0.4) is 0 Å². The highest BCUT2D eigenvalue weighted by molar-refractivity contribution is 7.71. The maximum absolute atomic E-state index is 5.21. The number of methoxy groups -OCH3 is 1. The number of H-pyrrole nitrogens is 1. The van der Waals surface area contributed by atoms with E-state index in [2.05, 4.69) is 35.5 Å². The van der Waals surface area contributed by atoms with Crippen LogP contribution in [0.4, 0.5) is 0 Å². The molecule has 0 amide bonds. The molecular weight excluding hydrogens is 210 g/mol. The highest BCUT2D eigenvalue weighted by atomic mass is 32.1. The molecule has 1 rings (SSSR count). The van der Waals surface area contributed by atoms with Crippen LogP contribution in [0.25, 0.3) is 0 Å². The topological polar surface area (TPSA) is 42.8 Å². The van der Waals surface area contributed by atoms with Crippen LogP contribution in [-0.2, 0) is 16.7 Å². The van der Waals surface area contributed by atoms with Crippen molar-refractivity contribution in [2.24, 2.45) is 0 Å². The summed E-state index contributed by atoms with van der Waals surface area (Å²) in [6.45, 7) is 7.12. The van der Waals surface area contributed by atoms with E-state index in [1.54, 1.807) is 7.11 Å². The molecule has 1 aromatic rings. The lowest BCUT2D eigenvalue weighted by Gasteiger charge is -2.22. The van der Waals surface area contributed by atoms with E-state index in [0.717, 1.165) is 25.3 Å². The Morgan fingerprint density at radius 1 is 1.47 bits per heavy atom. The molecule has 0 unspecified atom stereocenters. The summed E-state index contributed by atoms with van der Waals surface area (Å²) in [5.74, 6) is 1.00. The number of aromatic nitrogens is 3. The molecule has 1 N–H and O–H groups in total. The van der Waals surface area contributed by atoms with Gasteiger partial charge in [0.2, 0.25) is 0 Å². The van der Waals surface area contributed by atoms with Gasteiger partial charge in [0.05, 0.1) is 0 Å². The zero-order chi connectivity index (χ0) is 11.5. The highest BCUT2D eigenvalue weighted by Gasteiger charge is 2.18. The van der Waals surface area contributed by atoms with E-state index in [1.165, 1.54) is 0 Å². The quantitative estimate of drug-likeness (QED) is 0.636. The second kappa shape index (κ2) is 4.90. The van der Waals surface area contributed by atoms with Crippen LogP contribution in [0.5, 0.6) is 0 Å². The number of rotatable bonds is 4. The zero-order valence-corrected chi connectivity index (χ0v) is 10.6. The van der Waals surface area contributed by atoms with Gasteiger partial charge in [-0.15, -0.1) is 0 Å². The smallest absolute Gasteiger partial charge is 0.195 e. The second-order valence-electron chi connectivity index (χ2n) is 4.55. The highest BCUT2D eigenvalue weighted by Crippen LogP contribution is 2.17. The minimum atomic E-state index is -0.0213. The first-order valence-corrected chi connectivity index (χ1v) is 5.53. The molecule has 0 aromatic carbocycles. The molecule has 0 aliphatic rings. The summed E-state index contributed by atoms with van der Waals surface area (Å²) >= 11 is 5.21. The van der Waals surface area contributed by atoms with Crippen molar-refractivity contribution in [1.29, 1.82) is 0 Å². The van der Waals surface area contributed by atoms with Crippen molar-refractivity contribution < 1.29 is 4.74 Å². The Kier molecular flexibility index (Phi) is 4.04. The van der Waals surface area contributed by atoms with Crippen LogP contribution >= 0.6 is 12.2 Å². The van der Waals surface area contributed by atoms with Gasteiger partial charge in [0.25, 0.3) is 0 Å². The van der Waals surface area contributed by atoms with E-state index in [9.17, 15) is 0 Å². The number of aryl methyl sites for hydroxylation is 1. The number of hydrogen-bond donors (Lipinski definition) is 1. The van der Waals surface area contributed by atoms with Crippen LogP contribution < -0.4 is 0 Å². The summed E-state index contributed by atoms with van der Waals surface area (Å²) in [6.07, 6.45) is 1.85. The van der Waals surface area contributed by atoms with Crippen molar-refractivity contribution in [2.75, 3.05) is 13.7 Å². The Bertz CT molecular complexity index is 361. The van der Waals surface area contributed by atoms with Gasteiger partial charge in [-0.2, -0.15) is 5.10 Å². The van der Waals surface area contributed by atoms with Crippen molar-refractivity contribution in [3.05, 3.63) is 10.6 Å². The SMILES string of the molecule is COCCCc1n[nH]c(=S)n1C(C)(C)C. The predicted octanol–water partition coefficient (Wildman–Crippen LogP) is 2.27. The van der Waals surface area contributed by atoms with E-state index < -0.39 is 0 Å². The third kappa shape index (κ3) is 3.14. The number of hydrogen-bond acceptors (Lipinski definition) is 3. The molecule has 0 radical (unpaired) electrons. The number of ether oxygens (including phenoxy) is 1. The summed E-state index contributed by atoms with van der Waals surface area (Å²) in [6, 6.07) is 0. The monoisotopic (exact) mass is 229 g/mol. The molecule has 5 heteroatoms. The summed E-state index contributed by atoms with van der Waals surface area (Å²) in [7, 11) is 1.71. The molecule has 0 spiro atoms. The maximum atomic E-state index is 5.21. The van der Waals surface area contributed by atoms with Crippen LogP contribution in [0.1, 0.15) is 33.0 Å². The van der Waals surface area contributed by atoms with E-state index in [4.69, 9.17) is 17.0 Å². The Morgan fingerprint density at radius 3 is 2.67 bits per heavy atom. The molecule has 0 fully saturated rings. The van der Waals surface area contributed by atoms with Crippen molar-refractivity contribution in [3.8, 4) is 0 Å². The van der Waals surface area contributed by atoms with E-state index in [1.807, 2.05) is 0 Å². The van der Waals surface area contributed by atoms with E-state index in [-0.39, 0.29) is 5.54 Å². The molecule has 1 heterocycles. The van der Waals surface area contributed by atoms with Gasteiger partial charge in [-0.05, 0) is 39.4 Å². The molecule has 0 aliphatic carbocycles. The van der Waals surface area contributed by atoms with Crippen molar-refractivity contribution in [2.45, 2.75) is 39.2 Å². The van der Waals surface area contributed by atoms with Gasteiger partial charge in [-0.25, -0.2) is 0 Å². The van der Waals surface area contributed by atoms with Crippen LogP contribution in [-0.4, -0.2) is 28.5 Å².